The Morgan fingerprint density at radius 1 is 1.29 bits per heavy atom. The topological polar surface area (TPSA) is 47.3 Å². The Bertz CT molecular complexity index is 506. The summed E-state index contributed by atoms with van der Waals surface area (Å²) in [7, 11) is 3.38. The molecule has 0 radical (unpaired) electrons. The van der Waals surface area contributed by atoms with Crippen LogP contribution in [0.4, 0.5) is 0 Å². The van der Waals surface area contributed by atoms with E-state index >= 15 is 0 Å². The molecule has 0 saturated carbocycles. The van der Waals surface area contributed by atoms with E-state index in [1.807, 2.05) is 37.3 Å². The Morgan fingerprint density at radius 2 is 1.94 bits per heavy atom. The fourth-order valence-electron chi connectivity index (χ4n) is 2.01. The molecule has 0 spiro atoms. The second kappa shape index (κ2) is 4.59. The van der Waals surface area contributed by atoms with E-state index in [1.54, 1.807) is 18.8 Å². The molecule has 0 aliphatic heterocycles. The lowest BCUT2D eigenvalue weighted by atomic mass is 10.0. The molecule has 2 aromatic rings. The minimum absolute atomic E-state index is 0.596. The van der Waals surface area contributed by atoms with E-state index in [1.165, 1.54) is 0 Å². The van der Waals surface area contributed by atoms with Gasteiger partial charge in [0.15, 0.2) is 0 Å². The Morgan fingerprint density at radius 3 is 2.53 bits per heavy atom. The maximum Gasteiger partial charge on any atom is 0.217 e. The quantitative estimate of drug-likeness (QED) is 0.878. The molecule has 0 bridgehead atoms. The van der Waals surface area contributed by atoms with Gasteiger partial charge in [-0.3, -0.25) is 0 Å². The zero-order chi connectivity index (χ0) is 12.4. The molecule has 1 atom stereocenters. The van der Waals surface area contributed by atoms with Crippen molar-refractivity contribution in [1.29, 1.82) is 0 Å². The molecule has 0 aliphatic rings. The lowest BCUT2D eigenvalue weighted by Crippen LogP contribution is -2.03. The van der Waals surface area contributed by atoms with E-state index in [-0.39, 0.29) is 0 Å². The molecule has 0 aliphatic carbocycles. The van der Waals surface area contributed by atoms with Gasteiger partial charge in [-0.15, -0.1) is 0 Å². The van der Waals surface area contributed by atoms with Crippen molar-refractivity contribution < 1.29 is 9.84 Å². The summed E-state index contributed by atoms with van der Waals surface area (Å²) in [5.74, 6) is 0.596. The highest BCUT2D eigenvalue weighted by atomic mass is 16.5. The first-order chi connectivity index (χ1) is 8.15. The van der Waals surface area contributed by atoms with Gasteiger partial charge in [0.1, 0.15) is 6.10 Å². The number of aromatic nitrogens is 2. The van der Waals surface area contributed by atoms with Gasteiger partial charge < -0.3 is 9.84 Å². The summed E-state index contributed by atoms with van der Waals surface area (Å²) >= 11 is 0. The van der Waals surface area contributed by atoms with Crippen molar-refractivity contribution in [2.24, 2.45) is 7.05 Å². The summed E-state index contributed by atoms with van der Waals surface area (Å²) in [6.07, 6.45) is -0.708. The minimum atomic E-state index is -0.708. The van der Waals surface area contributed by atoms with Crippen LogP contribution in [0.15, 0.2) is 30.3 Å². The number of aryl methyl sites for hydroxylation is 2. The summed E-state index contributed by atoms with van der Waals surface area (Å²) in [5, 5.41) is 14.6. The molecule has 1 N–H and O–H groups in total. The molecule has 4 nitrogen and oxygen atoms in total. The molecule has 1 unspecified atom stereocenters. The number of rotatable bonds is 3. The molecule has 0 amide bonds. The average Bonchev–Trinajstić information content (AvgIpc) is 2.63. The monoisotopic (exact) mass is 232 g/mol. The lowest BCUT2D eigenvalue weighted by Gasteiger charge is -2.12. The van der Waals surface area contributed by atoms with Crippen LogP contribution in [0.2, 0.25) is 0 Å². The number of hydrogen-bond donors (Lipinski definition) is 1. The van der Waals surface area contributed by atoms with Crippen molar-refractivity contribution in [2.75, 3.05) is 7.11 Å². The van der Waals surface area contributed by atoms with Gasteiger partial charge in [-0.2, -0.15) is 5.10 Å². The van der Waals surface area contributed by atoms with Crippen LogP contribution in [0.1, 0.15) is 22.9 Å². The highest BCUT2D eigenvalue weighted by molar-refractivity contribution is 5.39. The first kappa shape index (κ1) is 11.7. The largest absolute Gasteiger partial charge is 0.481 e. The number of hydrogen-bond acceptors (Lipinski definition) is 3. The van der Waals surface area contributed by atoms with Gasteiger partial charge in [0.2, 0.25) is 5.88 Å². The SMILES string of the molecule is COc1c(C(O)c2ccccc2)c(C)nn1C. The highest BCUT2D eigenvalue weighted by Gasteiger charge is 2.22. The molecule has 1 aromatic heterocycles. The molecule has 4 heteroatoms. The summed E-state index contributed by atoms with van der Waals surface area (Å²) in [6, 6.07) is 9.49. The number of ether oxygens (including phenoxy) is 1. The van der Waals surface area contributed by atoms with Crippen molar-refractivity contribution in [1.82, 2.24) is 9.78 Å². The third kappa shape index (κ3) is 2.03. The summed E-state index contributed by atoms with van der Waals surface area (Å²) in [6.45, 7) is 1.87. The molecule has 17 heavy (non-hydrogen) atoms. The molecular formula is C13H16N2O2. The van der Waals surface area contributed by atoms with E-state index in [0.29, 0.717) is 5.88 Å². The lowest BCUT2D eigenvalue weighted by molar-refractivity contribution is 0.213. The van der Waals surface area contributed by atoms with Crippen LogP contribution >= 0.6 is 0 Å². The third-order valence-electron chi connectivity index (χ3n) is 2.80. The molecule has 1 aromatic carbocycles. The minimum Gasteiger partial charge on any atom is -0.481 e. The van der Waals surface area contributed by atoms with Crippen LogP contribution in [0.25, 0.3) is 0 Å². The maximum atomic E-state index is 10.4. The van der Waals surface area contributed by atoms with Crippen molar-refractivity contribution in [3.63, 3.8) is 0 Å². The summed E-state index contributed by atoms with van der Waals surface area (Å²) < 4.78 is 6.92. The Kier molecular flexibility index (Phi) is 3.15. The van der Waals surface area contributed by atoms with E-state index < -0.39 is 6.10 Å². The van der Waals surface area contributed by atoms with Gasteiger partial charge in [-0.1, -0.05) is 30.3 Å². The average molecular weight is 232 g/mol. The van der Waals surface area contributed by atoms with Crippen molar-refractivity contribution in [2.45, 2.75) is 13.0 Å². The zero-order valence-electron chi connectivity index (χ0n) is 10.2. The van der Waals surface area contributed by atoms with Gasteiger partial charge in [-0.25, -0.2) is 4.68 Å². The van der Waals surface area contributed by atoms with E-state index in [9.17, 15) is 5.11 Å². The van der Waals surface area contributed by atoms with Gasteiger partial charge in [-0.05, 0) is 12.5 Å². The Labute approximate surface area is 100 Å². The van der Waals surface area contributed by atoms with Crippen LogP contribution in [0.5, 0.6) is 5.88 Å². The number of aliphatic hydroxyl groups is 1. The van der Waals surface area contributed by atoms with Crippen molar-refractivity contribution in [3.8, 4) is 5.88 Å². The molecule has 0 saturated heterocycles. The summed E-state index contributed by atoms with van der Waals surface area (Å²) in [4.78, 5) is 0. The maximum absolute atomic E-state index is 10.4. The number of benzene rings is 1. The smallest absolute Gasteiger partial charge is 0.217 e. The molecule has 2 rings (SSSR count). The second-order valence-electron chi connectivity index (χ2n) is 3.95. The standard InChI is InChI=1S/C13H16N2O2/c1-9-11(13(17-3)15(2)14-9)12(16)10-7-5-4-6-8-10/h4-8,12,16H,1-3H3. The fourth-order valence-corrected chi connectivity index (χ4v) is 2.01. The van der Waals surface area contributed by atoms with Crippen LogP contribution < -0.4 is 4.74 Å². The van der Waals surface area contributed by atoms with Gasteiger partial charge in [0.05, 0.1) is 18.4 Å². The number of methoxy groups -OCH3 is 1. The van der Waals surface area contributed by atoms with E-state index in [2.05, 4.69) is 5.10 Å². The molecular weight excluding hydrogens is 216 g/mol. The first-order valence-electron chi connectivity index (χ1n) is 5.45. The van der Waals surface area contributed by atoms with Crippen LogP contribution in [-0.4, -0.2) is 22.0 Å². The molecule has 90 valence electrons. The second-order valence-corrected chi connectivity index (χ2v) is 3.95. The van der Waals surface area contributed by atoms with Crippen LogP contribution in [0, 0.1) is 6.92 Å². The van der Waals surface area contributed by atoms with Gasteiger partial charge >= 0.3 is 0 Å². The predicted molar refractivity (Wildman–Crippen MR) is 65.0 cm³/mol. The van der Waals surface area contributed by atoms with Crippen LogP contribution in [0.3, 0.4) is 0 Å². The molecule has 1 heterocycles. The first-order valence-corrected chi connectivity index (χ1v) is 5.45. The zero-order valence-corrected chi connectivity index (χ0v) is 10.2. The third-order valence-corrected chi connectivity index (χ3v) is 2.80. The van der Waals surface area contributed by atoms with Gasteiger partial charge in [0.25, 0.3) is 0 Å². The number of nitrogens with zero attached hydrogens (tertiary/aromatic N) is 2. The normalized spacial score (nSPS) is 12.5. The van der Waals surface area contributed by atoms with E-state index in [0.717, 1.165) is 16.8 Å². The van der Waals surface area contributed by atoms with E-state index in [4.69, 9.17) is 4.74 Å². The Hall–Kier alpha value is -1.81. The van der Waals surface area contributed by atoms with Crippen LogP contribution in [-0.2, 0) is 7.05 Å². The Balaban J connectivity index is 2.47. The molecule has 0 fully saturated rings. The predicted octanol–water partition coefficient (Wildman–Crippen LogP) is 1.82. The van der Waals surface area contributed by atoms with Crippen molar-refractivity contribution in [3.05, 3.63) is 47.2 Å². The van der Waals surface area contributed by atoms with Gasteiger partial charge in [0, 0.05) is 7.05 Å². The summed E-state index contributed by atoms with van der Waals surface area (Å²) in [5.41, 5.74) is 2.34. The fraction of sp³-hybridized carbons (Fsp3) is 0.308. The highest BCUT2D eigenvalue weighted by Crippen LogP contribution is 2.31. The number of aliphatic hydroxyl groups excluding tert-OH is 1. The van der Waals surface area contributed by atoms with Crippen molar-refractivity contribution >= 4 is 0 Å².